The van der Waals surface area contributed by atoms with E-state index in [0.717, 1.165) is 0 Å². The molecule has 1 atom stereocenters. The number of ketones is 1. The highest BCUT2D eigenvalue weighted by molar-refractivity contribution is 5.87. The minimum Gasteiger partial charge on any atom is -0.299 e. The summed E-state index contributed by atoms with van der Waals surface area (Å²) in [7, 11) is 0. The Bertz CT molecular complexity index is 364. The molecule has 0 aliphatic rings. The van der Waals surface area contributed by atoms with Gasteiger partial charge in [-0.2, -0.15) is 0 Å². The van der Waals surface area contributed by atoms with Crippen LogP contribution in [0.2, 0.25) is 0 Å². The number of aryl methyl sites for hydroxylation is 2. The van der Waals surface area contributed by atoms with E-state index < -0.39 is 0 Å². The fourth-order valence-corrected chi connectivity index (χ4v) is 1.88. The summed E-state index contributed by atoms with van der Waals surface area (Å²) in [6, 6.07) is 6.31. The van der Waals surface area contributed by atoms with Crippen molar-refractivity contribution in [3.05, 3.63) is 34.9 Å². The zero-order valence-corrected chi connectivity index (χ0v) is 10.3. The summed E-state index contributed by atoms with van der Waals surface area (Å²) in [5, 5.41) is 0. The average molecular weight is 204 g/mol. The molecule has 0 amide bonds. The Morgan fingerprint density at radius 1 is 1.13 bits per heavy atom. The maximum absolute atomic E-state index is 11.9. The molecule has 0 saturated heterocycles. The summed E-state index contributed by atoms with van der Waals surface area (Å²) in [6.45, 7) is 10.1. The second-order valence-electron chi connectivity index (χ2n) is 4.64. The minimum absolute atomic E-state index is 0.0184. The smallest absolute Gasteiger partial charge is 0.142 e. The summed E-state index contributed by atoms with van der Waals surface area (Å²) in [6.07, 6.45) is 0. The fourth-order valence-electron chi connectivity index (χ4n) is 1.88. The van der Waals surface area contributed by atoms with Crippen molar-refractivity contribution in [2.24, 2.45) is 5.92 Å². The Morgan fingerprint density at radius 3 is 2.27 bits per heavy atom. The van der Waals surface area contributed by atoms with Crippen LogP contribution in [-0.4, -0.2) is 5.78 Å². The lowest BCUT2D eigenvalue weighted by atomic mass is 9.87. The first-order valence-electron chi connectivity index (χ1n) is 5.54. The number of carbonyl (C=O) groups is 1. The van der Waals surface area contributed by atoms with Gasteiger partial charge in [-0.3, -0.25) is 4.79 Å². The van der Waals surface area contributed by atoms with E-state index in [-0.39, 0.29) is 11.8 Å². The van der Waals surface area contributed by atoms with Gasteiger partial charge < -0.3 is 0 Å². The number of hydrogen-bond donors (Lipinski definition) is 0. The molecule has 0 N–H and O–H groups in total. The second kappa shape index (κ2) is 4.61. The van der Waals surface area contributed by atoms with Crippen LogP contribution in [-0.2, 0) is 4.79 Å². The molecule has 0 spiro atoms. The van der Waals surface area contributed by atoms with Crippen molar-refractivity contribution in [2.75, 3.05) is 0 Å². The van der Waals surface area contributed by atoms with Gasteiger partial charge in [-0.1, -0.05) is 44.5 Å². The molecule has 1 rings (SSSR count). The lowest BCUT2D eigenvalue weighted by Crippen LogP contribution is -2.16. The molecule has 0 aliphatic carbocycles. The van der Waals surface area contributed by atoms with Crippen molar-refractivity contribution in [3.8, 4) is 0 Å². The third-order valence-electron chi connectivity index (χ3n) is 2.90. The summed E-state index contributed by atoms with van der Waals surface area (Å²) in [4.78, 5) is 11.9. The van der Waals surface area contributed by atoms with Gasteiger partial charge in [-0.15, -0.1) is 0 Å². The normalized spacial score (nSPS) is 12.9. The predicted octanol–water partition coefficient (Wildman–Crippen LogP) is 3.63. The Labute approximate surface area is 92.5 Å². The van der Waals surface area contributed by atoms with Crippen LogP contribution >= 0.6 is 0 Å². The number of Topliss-reactive ketones (excluding diaryl/α,β-unsaturated/α-hetero) is 1. The quantitative estimate of drug-likeness (QED) is 0.734. The molecule has 0 aromatic heterocycles. The molecular formula is C14H20O. The minimum atomic E-state index is 0.0184. The van der Waals surface area contributed by atoms with Crippen LogP contribution in [0.5, 0.6) is 0 Å². The van der Waals surface area contributed by atoms with Gasteiger partial charge in [-0.25, -0.2) is 0 Å². The monoisotopic (exact) mass is 204 g/mol. The summed E-state index contributed by atoms with van der Waals surface area (Å²) in [5.41, 5.74) is 3.61. The molecule has 0 fully saturated rings. The molecular weight excluding hydrogens is 184 g/mol. The van der Waals surface area contributed by atoms with Crippen LogP contribution < -0.4 is 0 Å². The predicted molar refractivity (Wildman–Crippen MR) is 64.2 cm³/mol. The van der Waals surface area contributed by atoms with Crippen LogP contribution in [0.15, 0.2) is 18.2 Å². The van der Waals surface area contributed by atoms with E-state index in [1.807, 2.05) is 20.8 Å². The van der Waals surface area contributed by atoms with Crippen LogP contribution in [0.3, 0.4) is 0 Å². The van der Waals surface area contributed by atoms with E-state index in [1.165, 1.54) is 16.7 Å². The average Bonchev–Trinajstić information content (AvgIpc) is 2.19. The zero-order valence-electron chi connectivity index (χ0n) is 10.3. The van der Waals surface area contributed by atoms with Gasteiger partial charge >= 0.3 is 0 Å². The van der Waals surface area contributed by atoms with Crippen molar-refractivity contribution in [1.82, 2.24) is 0 Å². The molecule has 0 saturated carbocycles. The molecule has 82 valence electrons. The molecule has 0 bridgehead atoms. The Hall–Kier alpha value is -1.11. The fraction of sp³-hybridized carbons (Fsp3) is 0.500. The van der Waals surface area contributed by atoms with Crippen molar-refractivity contribution < 1.29 is 4.79 Å². The summed E-state index contributed by atoms with van der Waals surface area (Å²) < 4.78 is 0. The van der Waals surface area contributed by atoms with Crippen molar-refractivity contribution in [1.29, 1.82) is 0 Å². The maximum atomic E-state index is 11.9. The first kappa shape index (κ1) is 12.0. The van der Waals surface area contributed by atoms with E-state index in [0.29, 0.717) is 5.78 Å². The first-order valence-corrected chi connectivity index (χ1v) is 5.54. The molecule has 1 unspecified atom stereocenters. The highest BCUT2D eigenvalue weighted by Gasteiger charge is 2.19. The Kier molecular flexibility index (Phi) is 3.67. The van der Waals surface area contributed by atoms with Crippen molar-refractivity contribution in [2.45, 2.75) is 40.5 Å². The van der Waals surface area contributed by atoms with E-state index in [9.17, 15) is 4.79 Å². The molecule has 15 heavy (non-hydrogen) atoms. The number of hydrogen-bond acceptors (Lipinski definition) is 1. The van der Waals surface area contributed by atoms with Gasteiger partial charge in [-0.05, 0) is 25.0 Å². The maximum Gasteiger partial charge on any atom is 0.142 e. The van der Waals surface area contributed by atoms with Crippen LogP contribution in [0.4, 0.5) is 0 Å². The highest BCUT2D eigenvalue weighted by Crippen LogP contribution is 2.24. The van der Waals surface area contributed by atoms with Gasteiger partial charge in [0.05, 0.1) is 0 Å². The molecule has 1 aromatic carbocycles. The topological polar surface area (TPSA) is 17.1 Å². The highest BCUT2D eigenvalue weighted by atomic mass is 16.1. The van der Waals surface area contributed by atoms with Crippen LogP contribution in [0.1, 0.15) is 43.4 Å². The number of rotatable bonds is 3. The van der Waals surface area contributed by atoms with Crippen LogP contribution in [0.25, 0.3) is 0 Å². The van der Waals surface area contributed by atoms with Crippen LogP contribution in [0, 0.1) is 19.8 Å². The van der Waals surface area contributed by atoms with Gasteiger partial charge in [0, 0.05) is 11.8 Å². The van der Waals surface area contributed by atoms with Gasteiger partial charge in [0.1, 0.15) is 5.78 Å². The summed E-state index contributed by atoms with van der Waals surface area (Å²) in [5.74, 6) is 0.452. The lowest BCUT2D eigenvalue weighted by Gasteiger charge is -2.16. The third kappa shape index (κ3) is 2.68. The molecule has 0 heterocycles. The van der Waals surface area contributed by atoms with E-state index >= 15 is 0 Å². The molecule has 1 nitrogen and oxygen atoms in total. The number of carbonyl (C=O) groups excluding carboxylic acids is 1. The van der Waals surface area contributed by atoms with Crippen molar-refractivity contribution >= 4 is 5.78 Å². The SMILES string of the molecule is Cc1ccc(C)c(C(C)C(=O)C(C)C)c1. The van der Waals surface area contributed by atoms with Gasteiger partial charge in [0.2, 0.25) is 0 Å². The van der Waals surface area contributed by atoms with E-state index in [1.54, 1.807) is 0 Å². The second-order valence-corrected chi connectivity index (χ2v) is 4.64. The largest absolute Gasteiger partial charge is 0.299 e. The number of benzene rings is 1. The van der Waals surface area contributed by atoms with Gasteiger partial charge in [0.25, 0.3) is 0 Å². The van der Waals surface area contributed by atoms with Gasteiger partial charge in [0.15, 0.2) is 0 Å². The molecule has 1 heteroatoms. The Balaban J connectivity index is 3.05. The Morgan fingerprint density at radius 2 is 1.73 bits per heavy atom. The molecule has 1 aromatic rings. The van der Waals surface area contributed by atoms with Crippen molar-refractivity contribution in [3.63, 3.8) is 0 Å². The summed E-state index contributed by atoms with van der Waals surface area (Å²) >= 11 is 0. The lowest BCUT2D eigenvalue weighted by molar-refractivity contribution is -0.123. The first-order chi connectivity index (χ1) is 6.93. The molecule has 0 aliphatic heterocycles. The standard InChI is InChI=1S/C14H20O/c1-9(2)14(15)12(5)13-8-10(3)6-7-11(13)4/h6-9,12H,1-5H3. The molecule has 0 radical (unpaired) electrons. The third-order valence-corrected chi connectivity index (χ3v) is 2.90. The van der Waals surface area contributed by atoms with E-state index in [2.05, 4.69) is 32.0 Å². The van der Waals surface area contributed by atoms with E-state index in [4.69, 9.17) is 0 Å². The zero-order chi connectivity index (χ0) is 11.6.